The molecule has 1 heterocycles. The molecule has 4 nitrogen and oxygen atoms in total. The van der Waals surface area contributed by atoms with Crippen LogP contribution in [0.4, 0.5) is 0 Å². The van der Waals surface area contributed by atoms with E-state index in [0.29, 0.717) is 36.1 Å². The van der Waals surface area contributed by atoms with Gasteiger partial charge in [0.05, 0.1) is 18.4 Å². The predicted octanol–water partition coefficient (Wildman–Crippen LogP) is 1.13. The SMILES string of the molecule is CCOCCOc1cnccc1C(N)=S. The van der Waals surface area contributed by atoms with Gasteiger partial charge in [0, 0.05) is 12.8 Å². The summed E-state index contributed by atoms with van der Waals surface area (Å²) in [5.41, 5.74) is 6.24. The quantitative estimate of drug-likeness (QED) is 0.582. The molecule has 82 valence electrons. The zero-order valence-electron chi connectivity index (χ0n) is 8.60. The minimum atomic E-state index is 0.309. The molecule has 0 radical (unpaired) electrons. The third-order valence-corrected chi connectivity index (χ3v) is 1.96. The zero-order valence-corrected chi connectivity index (χ0v) is 9.42. The van der Waals surface area contributed by atoms with E-state index in [2.05, 4.69) is 4.98 Å². The first-order chi connectivity index (χ1) is 7.25. The number of rotatable bonds is 6. The summed E-state index contributed by atoms with van der Waals surface area (Å²) in [6.07, 6.45) is 3.23. The van der Waals surface area contributed by atoms with Gasteiger partial charge in [0.1, 0.15) is 17.3 Å². The Morgan fingerprint density at radius 3 is 3.00 bits per heavy atom. The van der Waals surface area contributed by atoms with Crippen LogP contribution in [0.3, 0.4) is 0 Å². The number of nitrogens with two attached hydrogens (primary N) is 1. The van der Waals surface area contributed by atoms with Crippen LogP contribution in [0.1, 0.15) is 12.5 Å². The van der Waals surface area contributed by atoms with Gasteiger partial charge in [-0.3, -0.25) is 4.98 Å². The Balaban J connectivity index is 2.56. The fourth-order valence-corrected chi connectivity index (χ4v) is 1.22. The molecule has 1 rings (SSSR count). The van der Waals surface area contributed by atoms with E-state index in [1.165, 1.54) is 0 Å². The number of thiocarbonyl (C=S) groups is 1. The Morgan fingerprint density at radius 2 is 2.33 bits per heavy atom. The Labute approximate surface area is 94.4 Å². The Morgan fingerprint density at radius 1 is 1.53 bits per heavy atom. The molecule has 0 aromatic carbocycles. The largest absolute Gasteiger partial charge is 0.489 e. The number of aromatic nitrogens is 1. The highest BCUT2D eigenvalue weighted by Gasteiger charge is 2.05. The van der Waals surface area contributed by atoms with Gasteiger partial charge in [-0.1, -0.05) is 12.2 Å². The summed E-state index contributed by atoms with van der Waals surface area (Å²) in [5, 5.41) is 0. The molecule has 1 aromatic rings. The second-order valence-electron chi connectivity index (χ2n) is 2.78. The third kappa shape index (κ3) is 3.81. The van der Waals surface area contributed by atoms with Crippen molar-refractivity contribution in [2.45, 2.75) is 6.92 Å². The van der Waals surface area contributed by atoms with Crippen LogP contribution in [0.25, 0.3) is 0 Å². The van der Waals surface area contributed by atoms with Crippen molar-refractivity contribution in [1.29, 1.82) is 0 Å². The first-order valence-corrected chi connectivity index (χ1v) is 5.11. The van der Waals surface area contributed by atoms with Crippen LogP contribution in [0.2, 0.25) is 0 Å². The van der Waals surface area contributed by atoms with Crippen LogP contribution in [0.5, 0.6) is 5.75 Å². The number of ether oxygens (including phenoxy) is 2. The number of nitrogens with zero attached hydrogens (tertiary/aromatic N) is 1. The van der Waals surface area contributed by atoms with Gasteiger partial charge < -0.3 is 15.2 Å². The average molecular weight is 226 g/mol. The van der Waals surface area contributed by atoms with Gasteiger partial charge in [-0.2, -0.15) is 0 Å². The highest BCUT2D eigenvalue weighted by Crippen LogP contribution is 2.15. The number of hydrogen-bond donors (Lipinski definition) is 1. The van der Waals surface area contributed by atoms with Crippen molar-refractivity contribution < 1.29 is 9.47 Å². The van der Waals surface area contributed by atoms with Gasteiger partial charge in [-0.25, -0.2) is 0 Å². The third-order valence-electron chi connectivity index (χ3n) is 1.74. The van der Waals surface area contributed by atoms with E-state index >= 15 is 0 Å². The van der Waals surface area contributed by atoms with Crippen LogP contribution in [0, 0.1) is 0 Å². The van der Waals surface area contributed by atoms with E-state index in [1.807, 2.05) is 6.92 Å². The molecule has 15 heavy (non-hydrogen) atoms. The highest BCUT2D eigenvalue weighted by molar-refractivity contribution is 7.80. The molecule has 0 aliphatic carbocycles. The summed E-state index contributed by atoms with van der Waals surface area (Å²) in [6.45, 7) is 3.63. The van der Waals surface area contributed by atoms with E-state index < -0.39 is 0 Å². The predicted molar refractivity (Wildman–Crippen MR) is 62.1 cm³/mol. The van der Waals surface area contributed by atoms with Crippen molar-refractivity contribution in [1.82, 2.24) is 4.98 Å². The molecule has 0 saturated heterocycles. The summed E-state index contributed by atoms with van der Waals surface area (Å²) in [7, 11) is 0. The second kappa shape index (κ2) is 6.31. The molecule has 1 aromatic heterocycles. The maximum atomic E-state index is 5.54. The number of hydrogen-bond acceptors (Lipinski definition) is 4. The molecule has 0 unspecified atom stereocenters. The maximum Gasteiger partial charge on any atom is 0.147 e. The summed E-state index contributed by atoms with van der Waals surface area (Å²) in [4.78, 5) is 4.25. The zero-order chi connectivity index (χ0) is 11.1. The molecule has 5 heteroatoms. The molecular weight excluding hydrogens is 212 g/mol. The van der Waals surface area contributed by atoms with Gasteiger partial charge in [0.2, 0.25) is 0 Å². The summed E-state index contributed by atoms with van der Waals surface area (Å²) in [6, 6.07) is 1.73. The van der Waals surface area contributed by atoms with E-state index in [0.717, 1.165) is 0 Å². The van der Waals surface area contributed by atoms with Gasteiger partial charge >= 0.3 is 0 Å². The van der Waals surface area contributed by atoms with E-state index in [4.69, 9.17) is 27.4 Å². The summed E-state index contributed by atoms with van der Waals surface area (Å²) >= 11 is 4.89. The van der Waals surface area contributed by atoms with Crippen molar-refractivity contribution in [2.75, 3.05) is 19.8 Å². The Bertz CT molecular complexity index is 331. The van der Waals surface area contributed by atoms with Crippen LogP contribution in [-0.2, 0) is 4.74 Å². The van der Waals surface area contributed by atoms with Crippen LogP contribution < -0.4 is 10.5 Å². The molecule has 0 bridgehead atoms. The smallest absolute Gasteiger partial charge is 0.147 e. The van der Waals surface area contributed by atoms with Crippen molar-refractivity contribution in [3.63, 3.8) is 0 Å². The van der Waals surface area contributed by atoms with Crippen LogP contribution in [-0.4, -0.2) is 29.8 Å². The normalized spacial score (nSPS) is 9.93. The average Bonchev–Trinajstić information content (AvgIpc) is 2.25. The van der Waals surface area contributed by atoms with Crippen molar-refractivity contribution >= 4 is 17.2 Å². The van der Waals surface area contributed by atoms with Crippen molar-refractivity contribution in [3.8, 4) is 5.75 Å². The lowest BCUT2D eigenvalue weighted by atomic mass is 10.2. The topological polar surface area (TPSA) is 57.4 Å². The summed E-state index contributed by atoms with van der Waals surface area (Å²) in [5.74, 6) is 0.602. The highest BCUT2D eigenvalue weighted by atomic mass is 32.1. The van der Waals surface area contributed by atoms with Gasteiger partial charge in [-0.15, -0.1) is 0 Å². The summed E-state index contributed by atoms with van der Waals surface area (Å²) < 4.78 is 10.6. The molecule has 0 spiro atoms. The first-order valence-electron chi connectivity index (χ1n) is 4.70. The van der Waals surface area contributed by atoms with E-state index in [-0.39, 0.29) is 0 Å². The molecule has 2 N–H and O–H groups in total. The van der Waals surface area contributed by atoms with E-state index in [1.54, 1.807) is 18.5 Å². The Hall–Kier alpha value is -1.20. The van der Waals surface area contributed by atoms with Crippen LogP contribution >= 0.6 is 12.2 Å². The molecule has 0 amide bonds. The van der Waals surface area contributed by atoms with Crippen molar-refractivity contribution in [3.05, 3.63) is 24.0 Å². The molecule has 0 fully saturated rings. The second-order valence-corrected chi connectivity index (χ2v) is 3.22. The molecule has 0 aliphatic rings. The number of pyridine rings is 1. The minimum absolute atomic E-state index is 0.309. The lowest BCUT2D eigenvalue weighted by Crippen LogP contribution is -2.14. The molecular formula is C10H14N2O2S. The fourth-order valence-electron chi connectivity index (χ4n) is 1.05. The Kier molecular flexibility index (Phi) is 5.00. The fraction of sp³-hybridized carbons (Fsp3) is 0.400. The molecule has 0 saturated carbocycles. The lowest BCUT2D eigenvalue weighted by molar-refractivity contribution is 0.110. The monoisotopic (exact) mass is 226 g/mol. The molecule has 0 atom stereocenters. The first kappa shape index (κ1) is 11.9. The van der Waals surface area contributed by atoms with Crippen LogP contribution in [0.15, 0.2) is 18.5 Å². The maximum absolute atomic E-state index is 5.54. The minimum Gasteiger partial charge on any atom is -0.489 e. The molecule has 0 aliphatic heterocycles. The standard InChI is InChI=1S/C10H14N2O2S/c1-2-13-5-6-14-9-7-12-4-3-8(9)10(11)15/h3-4,7H,2,5-6H2,1H3,(H2,11,15). The van der Waals surface area contributed by atoms with E-state index in [9.17, 15) is 0 Å². The van der Waals surface area contributed by atoms with Crippen molar-refractivity contribution in [2.24, 2.45) is 5.73 Å². The van der Waals surface area contributed by atoms with Gasteiger partial charge in [0.15, 0.2) is 0 Å². The van der Waals surface area contributed by atoms with Gasteiger partial charge in [-0.05, 0) is 13.0 Å². The lowest BCUT2D eigenvalue weighted by Gasteiger charge is -2.09. The van der Waals surface area contributed by atoms with Gasteiger partial charge in [0.25, 0.3) is 0 Å².